The Morgan fingerprint density at radius 1 is 1.25 bits per heavy atom. The van der Waals surface area contributed by atoms with Crippen LogP contribution in [0.3, 0.4) is 0 Å². The van der Waals surface area contributed by atoms with E-state index in [-0.39, 0.29) is 11.0 Å². The van der Waals surface area contributed by atoms with Gasteiger partial charge in [0.1, 0.15) is 0 Å². The second-order valence-corrected chi connectivity index (χ2v) is 7.02. The summed E-state index contributed by atoms with van der Waals surface area (Å²) < 4.78 is 1.90. The summed E-state index contributed by atoms with van der Waals surface area (Å²) in [5.74, 6) is 6.81. The van der Waals surface area contributed by atoms with Gasteiger partial charge in [0.25, 0.3) is 0 Å². The second-order valence-electron chi connectivity index (χ2n) is 7.02. The number of rotatable bonds is 4. The third-order valence-electron chi connectivity index (χ3n) is 2.95. The molecular formula is C14H24N6. The first-order valence-corrected chi connectivity index (χ1v) is 6.79. The number of nitrogens with two attached hydrogens (primary N) is 1. The van der Waals surface area contributed by atoms with Crippen molar-refractivity contribution in [2.24, 2.45) is 11.3 Å². The zero-order valence-corrected chi connectivity index (χ0v) is 12.9. The Morgan fingerprint density at radius 3 is 2.55 bits per heavy atom. The highest BCUT2D eigenvalue weighted by Gasteiger charge is 2.26. The van der Waals surface area contributed by atoms with E-state index in [1.54, 1.807) is 6.20 Å². The van der Waals surface area contributed by atoms with E-state index in [2.05, 4.69) is 55.3 Å². The molecule has 0 saturated carbocycles. The van der Waals surface area contributed by atoms with Gasteiger partial charge >= 0.3 is 0 Å². The molecule has 0 bridgehead atoms. The van der Waals surface area contributed by atoms with Gasteiger partial charge in [-0.2, -0.15) is 0 Å². The largest absolute Gasteiger partial charge is 0.362 e. The Labute approximate surface area is 119 Å². The van der Waals surface area contributed by atoms with E-state index in [0.717, 1.165) is 17.9 Å². The molecule has 0 spiro atoms. The Kier molecular flexibility index (Phi) is 3.60. The molecule has 2 aromatic rings. The molecule has 0 fully saturated rings. The third kappa shape index (κ3) is 3.39. The first-order chi connectivity index (χ1) is 9.20. The first-order valence-electron chi connectivity index (χ1n) is 6.79. The van der Waals surface area contributed by atoms with Crippen molar-refractivity contribution in [3.8, 4) is 0 Å². The fourth-order valence-electron chi connectivity index (χ4n) is 2.78. The molecule has 0 aliphatic heterocycles. The van der Waals surface area contributed by atoms with Crippen LogP contribution in [0, 0.1) is 5.41 Å². The standard InChI is InChI=1S/C14H24N6/c1-13(2,3)9-14(4,5)18-11-12-16-6-7-20(12)8-10(17-11)19-15/h6-8,19H,9,15H2,1-5H3,(H,17,18). The van der Waals surface area contributed by atoms with Crippen LogP contribution in [0.1, 0.15) is 41.0 Å². The SMILES string of the molecule is CC(C)(C)CC(C)(C)Nc1nc(NN)cn2ccnc12. The third-order valence-corrected chi connectivity index (χ3v) is 2.95. The topological polar surface area (TPSA) is 80.3 Å². The van der Waals surface area contributed by atoms with Crippen molar-refractivity contribution < 1.29 is 0 Å². The van der Waals surface area contributed by atoms with Gasteiger partial charge in [-0.25, -0.2) is 15.8 Å². The number of aromatic nitrogens is 3. The predicted octanol–water partition coefficient (Wildman–Crippen LogP) is 2.64. The highest BCUT2D eigenvalue weighted by molar-refractivity contribution is 5.66. The van der Waals surface area contributed by atoms with Crippen molar-refractivity contribution in [3.05, 3.63) is 18.6 Å². The van der Waals surface area contributed by atoms with Crippen molar-refractivity contribution in [1.29, 1.82) is 0 Å². The number of imidazole rings is 1. The van der Waals surface area contributed by atoms with Gasteiger partial charge < -0.3 is 15.1 Å². The van der Waals surface area contributed by atoms with Crippen LogP contribution in [-0.4, -0.2) is 19.9 Å². The lowest BCUT2D eigenvalue weighted by atomic mass is 9.82. The average Bonchev–Trinajstić information content (AvgIpc) is 2.72. The van der Waals surface area contributed by atoms with Crippen LogP contribution in [0.25, 0.3) is 5.65 Å². The number of fused-ring (bicyclic) bond motifs is 1. The van der Waals surface area contributed by atoms with Crippen molar-refractivity contribution in [1.82, 2.24) is 14.4 Å². The van der Waals surface area contributed by atoms with Crippen LogP contribution < -0.4 is 16.6 Å². The molecule has 0 aliphatic rings. The normalized spacial score (nSPS) is 12.7. The lowest BCUT2D eigenvalue weighted by Gasteiger charge is -2.33. The fourth-order valence-corrected chi connectivity index (χ4v) is 2.78. The van der Waals surface area contributed by atoms with E-state index < -0.39 is 0 Å². The minimum atomic E-state index is -0.0923. The molecule has 20 heavy (non-hydrogen) atoms. The molecule has 4 N–H and O–H groups in total. The summed E-state index contributed by atoms with van der Waals surface area (Å²) in [5.41, 5.74) is 3.52. The molecule has 0 aromatic carbocycles. The molecule has 2 aromatic heterocycles. The number of anilines is 2. The number of hydrogen-bond donors (Lipinski definition) is 3. The van der Waals surface area contributed by atoms with Crippen LogP contribution in [0.2, 0.25) is 0 Å². The molecule has 2 rings (SSSR count). The van der Waals surface area contributed by atoms with E-state index in [1.807, 2.05) is 16.8 Å². The Morgan fingerprint density at radius 2 is 1.95 bits per heavy atom. The minimum Gasteiger partial charge on any atom is -0.362 e. The molecule has 0 unspecified atom stereocenters. The lowest BCUT2D eigenvalue weighted by molar-refractivity contribution is 0.302. The van der Waals surface area contributed by atoms with E-state index in [0.29, 0.717) is 5.82 Å². The van der Waals surface area contributed by atoms with Gasteiger partial charge in [0.2, 0.25) is 0 Å². The molecule has 2 heterocycles. The van der Waals surface area contributed by atoms with Crippen LogP contribution in [0.15, 0.2) is 18.6 Å². The highest BCUT2D eigenvalue weighted by Crippen LogP contribution is 2.30. The van der Waals surface area contributed by atoms with Crippen LogP contribution >= 0.6 is 0 Å². The van der Waals surface area contributed by atoms with Gasteiger partial charge in [-0.05, 0) is 25.7 Å². The monoisotopic (exact) mass is 276 g/mol. The summed E-state index contributed by atoms with van der Waals surface area (Å²) in [6, 6.07) is 0. The summed E-state index contributed by atoms with van der Waals surface area (Å²) in [7, 11) is 0. The van der Waals surface area contributed by atoms with Gasteiger partial charge in [0.05, 0.1) is 6.20 Å². The van der Waals surface area contributed by atoms with Crippen LogP contribution in [0.4, 0.5) is 11.6 Å². The molecule has 0 saturated heterocycles. The summed E-state index contributed by atoms with van der Waals surface area (Å²) in [6.45, 7) is 11.0. The summed E-state index contributed by atoms with van der Waals surface area (Å²) >= 11 is 0. The molecule has 6 nitrogen and oxygen atoms in total. The first kappa shape index (κ1) is 14.6. The molecule has 0 aliphatic carbocycles. The van der Waals surface area contributed by atoms with E-state index in [9.17, 15) is 0 Å². The van der Waals surface area contributed by atoms with E-state index in [4.69, 9.17) is 5.84 Å². The Bertz CT molecular complexity index is 593. The minimum absolute atomic E-state index is 0.0923. The van der Waals surface area contributed by atoms with Gasteiger partial charge in [0, 0.05) is 17.9 Å². The summed E-state index contributed by atoms with van der Waals surface area (Å²) in [5, 5.41) is 3.49. The Hall–Kier alpha value is -1.82. The maximum Gasteiger partial charge on any atom is 0.180 e. The number of nitrogens with zero attached hydrogens (tertiary/aromatic N) is 3. The zero-order chi connectivity index (χ0) is 15.0. The van der Waals surface area contributed by atoms with Crippen LogP contribution in [0.5, 0.6) is 0 Å². The lowest BCUT2D eigenvalue weighted by Crippen LogP contribution is -2.36. The second kappa shape index (κ2) is 4.94. The average molecular weight is 276 g/mol. The van der Waals surface area contributed by atoms with Crippen molar-refractivity contribution in [3.63, 3.8) is 0 Å². The number of hydrogen-bond acceptors (Lipinski definition) is 5. The molecular weight excluding hydrogens is 252 g/mol. The molecule has 110 valence electrons. The summed E-state index contributed by atoms with van der Waals surface area (Å²) in [4.78, 5) is 8.82. The van der Waals surface area contributed by atoms with Crippen molar-refractivity contribution in [2.45, 2.75) is 46.6 Å². The zero-order valence-electron chi connectivity index (χ0n) is 12.9. The number of nitrogen functional groups attached to an aromatic ring is 1. The maximum absolute atomic E-state index is 5.47. The maximum atomic E-state index is 5.47. The highest BCUT2D eigenvalue weighted by atomic mass is 15.3. The van der Waals surface area contributed by atoms with Gasteiger partial charge in [-0.1, -0.05) is 20.8 Å². The fraction of sp³-hybridized carbons (Fsp3) is 0.571. The predicted molar refractivity (Wildman–Crippen MR) is 82.6 cm³/mol. The van der Waals surface area contributed by atoms with E-state index >= 15 is 0 Å². The van der Waals surface area contributed by atoms with Gasteiger partial charge in [0.15, 0.2) is 17.3 Å². The number of nitrogens with one attached hydrogen (secondary N) is 2. The quantitative estimate of drug-likeness (QED) is 0.591. The molecule has 0 amide bonds. The van der Waals surface area contributed by atoms with Crippen molar-refractivity contribution in [2.75, 3.05) is 10.7 Å². The van der Waals surface area contributed by atoms with Crippen molar-refractivity contribution >= 4 is 17.3 Å². The smallest absolute Gasteiger partial charge is 0.180 e. The van der Waals surface area contributed by atoms with Gasteiger partial charge in [-0.3, -0.25) is 0 Å². The number of hydrazine groups is 1. The Balaban J connectivity index is 2.35. The molecule has 6 heteroatoms. The van der Waals surface area contributed by atoms with Gasteiger partial charge in [-0.15, -0.1) is 0 Å². The van der Waals surface area contributed by atoms with Crippen LogP contribution in [-0.2, 0) is 0 Å². The molecule has 0 radical (unpaired) electrons. The molecule has 0 atom stereocenters. The van der Waals surface area contributed by atoms with E-state index in [1.165, 1.54) is 0 Å². The summed E-state index contributed by atoms with van der Waals surface area (Å²) in [6.07, 6.45) is 6.44.